The van der Waals surface area contributed by atoms with E-state index in [0.29, 0.717) is 0 Å². The summed E-state index contributed by atoms with van der Waals surface area (Å²) in [6.45, 7) is 3.66. The Morgan fingerprint density at radius 1 is 1.21 bits per heavy atom. The zero-order valence-electron chi connectivity index (χ0n) is 11.2. The summed E-state index contributed by atoms with van der Waals surface area (Å²) < 4.78 is 1.99. The molecule has 0 aliphatic heterocycles. The molecule has 0 saturated carbocycles. The van der Waals surface area contributed by atoms with E-state index in [0.717, 1.165) is 11.4 Å². The predicted molar refractivity (Wildman–Crippen MR) is 77.2 cm³/mol. The van der Waals surface area contributed by atoms with Crippen molar-refractivity contribution in [1.82, 2.24) is 4.57 Å². The quantitative estimate of drug-likeness (QED) is 0.883. The van der Waals surface area contributed by atoms with E-state index in [9.17, 15) is 4.79 Å². The highest BCUT2D eigenvalue weighted by atomic mass is 16.1. The lowest BCUT2D eigenvalue weighted by Gasteiger charge is -2.15. The minimum absolute atomic E-state index is 0.0559. The van der Waals surface area contributed by atoms with E-state index in [4.69, 9.17) is 5.73 Å². The number of carbonyl (C=O) groups excluding carboxylic acids is 1. The molecule has 4 heteroatoms. The van der Waals surface area contributed by atoms with Crippen molar-refractivity contribution in [3.63, 3.8) is 0 Å². The lowest BCUT2D eigenvalue weighted by Crippen LogP contribution is -2.34. The maximum Gasteiger partial charge on any atom is 0.228 e. The van der Waals surface area contributed by atoms with Crippen LogP contribution < -0.4 is 11.1 Å². The Kier molecular flexibility index (Phi) is 4.02. The summed E-state index contributed by atoms with van der Waals surface area (Å²) in [6, 6.07) is 11.5. The molecular formula is C15H19N3O. The first-order valence-electron chi connectivity index (χ1n) is 6.38. The highest BCUT2D eigenvalue weighted by molar-refractivity contribution is 5.93. The third-order valence-corrected chi connectivity index (χ3v) is 3.22. The summed E-state index contributed by atoms with van der Waals surface area (Å²) in [5.41, 5.74) is 7.52. The minimum Gasteiger partial charge on any atom is -0.327 e. The number of anilines is 1. The van der Waals surface area contributed by atoms with Gasteiger partial charge >= 0.3 is 0 Å². The van der Waals surface area contributed by atoms with E-state index in [2.05, 4.69) is 5.32 Å². The highest BCUT2D eigenvalue weighted by Gasteiger charge is 2.16. The van der Waals surface area contributed by atoms with Crippen molar-refractivity contribution < 1.29 is 4.79 Å². The Hall–Kier alpha value is -2.07. The molecule has 100 valence electrons. The Morgan fingerprint density at radius 2 is 1.89 bits per heavy atom. The molecule has 4 nitrogen and oxygen atoms in total. The lowest BCUT2D eigenvalue weighted by atomic mass is 10.0. The second-order valence-corrected chi connectivity index (χ2v) is 4.78. The average molecular weight is 257 g/mol. The third kappa shape index (κ3) is 3.23. The maximum atomic E-state index is 12.0. The number of carbonyl (C=O) groups is 1. The van der Waals surface area contributed by atoms with E-state index in [1.165, 1.54) is 0 Å². The van der Waals surface area contributed by atoms with Crippen LogP contribution in [0.25, 0.3) is 5.69 Å². The van der Waals surface area contributed by atoms with Crippen LogP contribution in [0.5, 0.6) is 0 Å². The molecule has 0 aliphatic rings. The van der Waals surface area contributed by atoms with Gasteiger partial charge in [-0.1, -0.05) is 13.0 Å². The molecule has 0 spiro atoms. The second-order valence-electron chi connectivity index (χ2n) is 4.78. The van der Waals surface area contributed by atoms with Crippen molar-refractivity contribution in [2.45, 2.75) is 19.9 Å². The Bertz CT molecular complexity index is 546. The number of hydrogen-bond donors (Lipinski definition) is 2. The molecule has 2 rings (SSSR count). The standard InChI is InChI=1S/C15H19N3O/c1-11(12(2)16)15(19)17-13-6-5-7-14(10-13)18-8-3-4-9-18/h3-12H,16H2,1-2H3,(H,17,19). The van der Waals surface area contributed by atoms with Gasteiger partial charge in [-0.3, -0.25) is 4.79 Å². The number of aromatic nitrogens is 1. The number of rotatable bonds is 4. The first-order chi connectivity index (χ1) is 9.08. The number of nitrogens with one attached hydrogen (secondary N) is 1. The number of hydrogen-bond acceptors (Lipinski definition) is 2. The van der Waals surface area contributed by atoms with E-state index in [-0.39, 0.29) is 17.9 Å². The Balaban J connectivity index is 2.14. The molecule has 0 bridgehead atoms. The van der Waals surface area contributed by atoms with Crippen molar-refractivity contribution in [3.8, 4) is 5.69 Å². The molecule has 0 aliphatic carbocycles. The van der Waals surface area contributed by atoms with Gasteiger partial charge in [0.1, 0.15) is 0 Å². The van der Waals surface area contributed by atoms with Crippen LogP contribution in [0.1, 0.15) is 13.8 Å². The normalized spacial score (nSPS) is 13.8. The van der Waals surface area contributed by atoms with Crippen molar-refractivity contribution in [2.75, 3.05) is 5.32 Å². The summed E-state index contributed by atoms with van der Waals surface area (Å²) in [4.78, 5) is 12.0. The van der Waals surface area contributed by atoms with Gasteiger partial charge in [0.2, 0.25) is 5.91 Å². The summed E-state index contributed by atoms with van der Waals surface area (Å²) in [7, 11) is 0. The molecule has 19 heavy (non-hydrogen) atoms. The molecule has 0 saturated heterocycles. The van der Waals surface area contributed by atoms with Gasteiger partial charge in [-0.2, -0.15) is 0 Å². The van der Waals surface area contributed by atoms with Gasteiger partial charge in [-0.05, 0) is 37.3 Å². The van der Waals surface area contributed by atoms with Gasteiger partial charge in [0.25, 0.3) is 0 Å². The van der Waals surface area contributed by atoms with Crippen molar-refractivity contribution in [1.29, 1.82) is 0 Å². The van der Waals surface area contributed by atoms with Crippen LogP contribution in [0.3, 0.4) is 0 Å². The maximum absolute atomic E-state index is 12.0. The molecule has 2 unspecified atom stereocenters. The average Bonchev–Trinajstić information content (AvgIpc) is 2.91. The van der Waals surface area contributed by atoms with Gasteiger partial charge < -0.3 is 15.6 Å². The third-order valence-electron chi connectivity index (χ3n) is 3.22. The fraction of sp³-hybridized carbons (Fsp3) is 0.267. The smallest absolute Gasteiger partial charge is 0.228 e. The summed E-state index contributed by atoms with van der Waals surface area (Å²) in [6.07, 6.45) is 3.93. The molecule has 1 aromatic carbocycles. The summed E-state index contributed by atoms with van der Waals surface area (Å²) >= 11 is 0. The molecule has 1 amide bonds. The zero-order chi connectivity index (χ0) is 13.8. The Morgan fingerprint density at radius 3 is 2.53 bits per heavy atom. The monoisotopic (exact) mass is 257 g/mol. The number of benzene rings is 1. The molecule has 3 N–H and O–H groups in total. The van der Waals surface area contributed by atoms with Crippen LogP contribution in [0.15, 0.2) is 48.8 Å². The van der Waals surface area contributed by atoms with Gasteiger partial charge in [-0.15, -0.1) is 0 Å². The van der Waals surface area contributed by atoms with Crippen LogP contribution in [-0.4, -0.2) is 16.5 Å². The lowest BCUT2D eigenvalue weighted by molar-refractivity contribution is -0.119. The molecule has 0 radical (unpaired) electrons. The van der Waals surface area contributed by atoms with Gasteiger partial charge in [0.15, 0.2) is 0 Å². The van der Waals surface area contributed by atoms with Crippen molar-refractivity contribution in [3.05, 3.63) is 48.8 Å². The first-order valence-corrected chi connectivity index (χ1v) is 6.38. The molecule has 1 aromatic heterocycles. The predicted octanol–water partition coefficient (Wildman–Crippen LogP) is 2.40. The number of amides is 1. The van der Waals surface area contributed by atoms with Crippen LogP contribution in [0.4, 0.5) is 5.69 Å². The van der Waals surface area contributed by atoms with E-state index in [1.54, 1.807) is 0 Å². The summed E-state index contributed by atoms with van der Waals surface area (Å²) in [5, 5.41) is 2.89. The number of nitrogens with two attached hydrogens (primary N) is 1. The van der Waals surface area contributed by atoms with Gasteiger partial charge in [0, 0.05) is 29.8 Å². The molecule has 2 aromatic rings. The second kappa shape index (κ2) is 5.71. The fourth-order valence-electron chi connectivity index (χ4n) is 1.75. The van der Waals surface area contributed by atoms with E-state index >= 15 is 0 Å². The van der Waals surface area contributed by atoms with Gasteiger partial charge in [0.05, 0.1) is 5.92 Å². The summed E-state index contributed by atoms with van der Waals surface area (Å²) in [5.74, 6) is -0.269. The molecular weight excluding hydrogens is 238 g/mol. The molecule has 2 atom stereocenters. The molecule has 0 fully saturated rings. The highest BCUT2D eigenvalue weighted by Crippen LogP contribution is 2.16. The van der Waals surface area contributed by atoms with Crippen molar-refractivity contribution in [2.24, 2.45) is 11.7 Å². The largest absolute Gasteiger partial charge is 0.327 e. The van der Waals surface area contributed by atoms with Crippen LogP contribution in [0.2, 0.25) is 0 Å². The zero-order valence-corrected chi connectivity index (χ0v) is 11.2. The SMILES string of the molecule is CC(N)C(C)C(=O)Nc1cccc(-n2cccc2)c1. The van der Waals surface area contributed by atoms with E-state index < -0.39 is 0 Å². The van der Waals surface area contributed by atoms with Crippen LogP contribution >= 0.6 is 0 Å². The van der Waals surface area contributed by atoms with E-state index in [1.807, 2.05) is 67.2 Å². The van der Waals surface area contributed by atoms with Crippen LogP contribution in [-0.2, 0) is 4.79 Å². The Labute approximate surface area is 113 Å². The first kappa shape index (κ1) is 13.4. The van der Waals surface area contributed by atoms with Crippen molar-refractivity contribution >= 4 is 11.6 Å². The fourth-order valence-corrected chi connectivity index (χ4v) is 1.75. The van der Waals surface area contributed by atoms with Crippen LogP contribution in [0, 0.1) is 5.92 Å². The minimum atomic E-state index is -0.213. The topological polar surface area (TPSA) is 60.1 Å². The molecule has 1 heterocycles. The van der Waals surface area contributed by atoms with Gasteiger partial charge in [-0.25, -0.2) is 0 Å². The number of nitrogens with zero attached hydrogens (tertiary/aromatic N) is 1.